The van der Waals surface area contributed by atoms with Gasteiger partial charge in [0.05, 0.1) is 12.2 Å². The number of allylic oxidation sites excluding steroid dienone is 2. The van der Waals surface area contributed by atoms with Gasteiger partial charge in [-0.1, -0.05) is 60.1 Å². The van der Waals surface area contributed by atoms with E-state index in [2.05, 4.69) is 54.5 Å². The van der Waals surface area contributed by atoms with Crippen LogP contribution in [0.1, 0.15) is 106 Å². The summed E-state index contributed by atoms with van der Waals surface area (Å²) in [6.07, 6.45) is 8.73. The van der Waals surface area contributed by atoms with Crippen LogP contribution in [0.3, 0.4) is 0 Å². The second-order valence-electron chi connectivity index (χ2n) is 15.4. The number of hydrogen-bond acceptors (Lipinski definition) is 4. The van der Waals surface area contributed by atoms with Crippen molar-refractivity contribution < 1.29 is 20.4 Å². The molecular formula is C30H50O4. The lowest BCUT2D eigenvalue weighted by Gasteiger charge is -2.71. The lowest BCUT2D eigenvalue weighted by atomic mass is 9.33. The Morgan fingerprint density at radius 2 is 1.47 bits per heavy atom. The smallest absolute Gasteiger partial charge is 0.157 e. The van der Waals surface area contributed by atoms with Crippen LogP contribution in [0.5, 0.6) is 0 Å². The summed E-state index contributed by atoms with van der Waals surface area (Å²) < 4.78 is 0. The molecule has 0 unspecified atom stereocenters. The van der Waals surface area contributed by atoms with Crippen molar-refractivity contribution in [2.75, 3.05) is 0 Å². The molecule has 4 heteroatoms. The van der Waals surface area contributed by atoms with Gasteiger partial charge in [-0.05, 0) is 103 Å². The monoisotopic (exact) mass is 474 g/mol. The van der Waals surface area contributed by atoms with Gasteiger partial charge in [-0.15, -0.1) is 0 Å². The molecule has 0 spiro atoms. The first-order valence-corrected chi connectivity index (χ1v) is 14.0. The second-order valence-corrected chi connectivity index (χ2v) is 15.4. The van der Waals surface area contributed by atoms with Crippen LogP contribution in [0.25, 0.3) is 0 Å². The van der Waals surface area contributed by atoms with Crippen LogP contribution in [0, 0.1) is 50.2 Å². The van der Waals surface area contributed by atoms with Crippen LogP contribution in [-0.2, 0) is 0 Å². The number of fused-ring (bicyclic) bond motifs is 7. The number of aliphatic hydroxyl groups excluding tert-OH is 3. The van der Waals surface area contributed by atoms with Crippen molar-refractivity contribution in [1.29, 1.82) is 0 Å². The van der Waals surface area contributed by atoms with E-state index < -0.39 is 23.9 Å². The van der Waals surface area contributed by atoms with Crippen LogP contribution < -0.4 is 0 Å². The lowest BCUT2D eigenvalue weighted by molar-refractivity contribution is -0.241. The molecular weight excluding hydrogens is 424 g/mol. The van der Waals surface area contributed by atoms with Crippen molar-refractivity contribution in [3.63, 3.8) is 0 Å². The summed E-state index contributed by atoms with van der Waals surface area (Å²) in [7, 11) is 0. The molecule has 0 aromatic heterocycles. The molecule has 0 aromatic rings. The molecule has 0 saturated heterocycles. The summed E-state index contributed by atoms with van der Waals surface area (Å²) in [5.74, 6) is 1.08. The molecule has 9 atom stereocenters. The van der Waals surface area contributed by atoms with Crippen LogP contribution in [-0.4, -0.2) is 38.9 Å². The zero-order valence-corrected chi connectivity index (χ0v) is 22.7. The SMILES string of the molecule is CC1(C)CC[C@]2(C(O)O)CC[C@]3(C)C(=CC[C@@H]4[C@@]5(C)C[C@@H](O)[C@H](O)C(C)(C)[C@@H]5CC[C@]43C)[C@@H]2C1. The first kappa shape index (κ1) is 25.2. The predicted octanol–water partition coefficient (Wildman–Crippen LogP) is 5.43. The topological polar surface area (TPSA) is 80.9 Å². The second kappa shape index (κ2) is 7.33. The minimum Gasteiger partial charge on any atom is -0.390 e. The molecule has 0 amide bonds. The standard InChI is InChI=1S/C30H50O4/c1-25(2)12-14-30(24(33)34)15-13-28(6)18(19(30)16-25)8-9-22-27(5)17-20(31)23(32)26(3,4)21(27)10-11-29(22,28)7/h8,19-24,31-34H,9-17H2,1-7H3/t19-,20+,21-,22+,23-,27-,28+,29+,30-/m0/s1. The molecule has 0 bridgehead atoms. The minimum atomic E-state index is -1.26. The Kier molecular flexibility index (Phi) is 5.44. The van der Waals surface area contributed by atoms with E-state index in [1.165, 1.54) is 5.57 Å². The third-order valence-corrected chi connectivity index (χ3v) is 13.2. The van der Waals surface area contributed by atoms with Crippen molar-refractivity contribution in [2.24, 2.45) is 50.2 Å². The van der Waals surface area contributed by atoms with E-state index in [9.17, 15) is 20.4 Å². The number of hydrogen-bond donors (Lipinski definition) is 4. The molecule has 34 heavy (non-hydrogen) atoms. The van der Waals surface area contributed by atoms with E-state index in [0.29, 0.717) is 18.3 Å². The molecule has 5 aliphatic carbocycles. The van der Waals surface area contributed by atoms with Crippen molar-refractivity contribution >= 4 is 0 Å². The maximum atomic E-state index is 11.0. The zero-order valence-electron chi connectivity index (χ0n) is 22.7. The fraction of sp³-hybridized carbons (Fsp3) is 0.933. The summed E-state index contributed by atoms with van der Waals surface area (Å²) in [6, 6.07) is 0. The third kappa shape index (κ3) is 2.98. The molecule has 5 rings (SSSR count). The molecule has 4 nitrogen and oxygen atoms in total. The Bertz CT molecular complexity index is 875. The summed E-state index contributed by atoms with van der Waals surface area (Å²) in [4.78, 5) is 0. The Balaban J connectivity index is 1.60. The molecule has 0 aliphatic heterocycles. The maximum absolute atomic E-state index is 11.0. The Hall–Kier alpha value is -0.420. The van der Waals surface area contributed by atoms with Gasteiger partial charge in [-0.2, -0.15) is 0 Å². The molecule has 0 aromatic carbocycles. The quantitative estimate of drug-likeness (QED) is 0.302. The van der Waals surface area contributed by atoms with Gasteiger partial charge in [0.1, 0.15) is 0 Å². The predicted molar refractivity (Wildman–Crippen MR) is 135 cm³/mol. The normalized spacial score (nSPS) is 53.8. The van der Waals surface area contributed by atoms with Crippen LogP contribution >= 0.6 is 0 Å². The van der Waals surface area contributed by atoms with Gasteiger partial charge in [0.25, 0.3) is 0 Å². The van der Waals surface area contributed by atoms with Crippen molar-refractivity contribution in [1.82, 2.24) is 0 Å². The zero-order chi connectivity index (χ0) is 25.1. The fourth-order valence-electron chi connectivity index (χ4n) is 10.9. The largest absolute Gasteiger partial charge is 0.390 e. The van der Waals surface area contributed by atoms with Crippen LogP contribution in [0.4, 0.5) is 0 Å². The molecule has 4 fully saturated rings. The van der Waals surface area contributed by atoms with Gasteiger partial charge in [0.15, 0.2) is 6.29 Å². The van der Waals surface area contributed by atoms with Gasteiger partial charge in [-0.3, -0.25) is 0 Å². The summed E-state index contributed by atoms with van der Waals surface area (Å²) in [6.45, 7) is 16.5. The van der Waals surface area contributed by atoms with E-state index in [1.807, 2.05) is 0 Å². The fourth-order valence-corrected chi connectivity index (χ4v) is 10.9. The third-order valence-electron chi connectivity index (χ3n) is 13.2. The van der Waals surface area contributed by atoms with Gasteiger partial charge in [0.2, 0.25) is 0 Å². The van der Waals surface area contributed by atoms with Crippen LogP contribution in [0.15, 0.2) is 11.6 Å². The molecule has 4 saturated carbocycles. The molecule has 5 aliphatic rings. The highest BCUT2D eigenvalue weighted by molar-refractivity contribution is 5.34. The van der Waals surface area contributed by atoms with E-state index in [4.69, 9.17) is 0 Å². The highest BCUT2D eigenvalue weighted by atomic mass is 16.5. The maximum Gasteiger partial charge on any atom is 0.157 e. The van der Waals surface area contributed by atoms with Gasteiger partial charge in [-0.25, -0.2) is 0 Å². The van der Waals surface area contributed by atoms with E-state index in [0.717, 1.165) is 51.4 Å². The Morgan fingerprint density at radius 1 is 0.824 bits per heavy atom. The molecule has 0 heterocycles. The summed E-state index contributed by atoms with van der Waals surface area (Å²) in [5, 5.41) is 43.3. The lowest BCUT2D eigenvalue weighted by Crippen LogP contribution is -2.67. The van der Waals surface area contributed by atoms with Crippen molar-refractivity contribution in [3.8, 4) is 0 Å². The first-order chi connectivity index (χ1) is 15.6. The minimum absolute atomic E-state index is 0.0168. The van der Waals surface area contributed by atoms with E-state index >= 15 is 0 Å². The van der Waals surface area contributed by atoms with E-state index in [-0.39, 0.29) is 33.0 Å². The Labute approximate surface area is 207 Å². The Morgan fingerprint density at radius 3 is 2.12 bits per heavy atom. The molecule has 4 N–H and O–H groups in total. The molecule has 194 valence electrons. The highest BCUT2D eigenvalue weighted by Crippen LogP contribution is 2.75. The summed E-state index contributed by atoms with van der Waals surface area (Å²) in [5.41, 5.74) is 1.15. The molecule has 0 radical (unpaired) electrons. The van der Waals surface area contributed by atoms with Gasteiger partial charge < -0.3 is 20.4 Å². The number of rotatable bonds is 1. The first-order valence-electron chi connectivity index (χ1n) is 14.0. The van der Waals surface area contributed by atoms with Crippen molar-refractivity contribution in [2.45, 2.75) is 125 Å². The van der Waals surface area contributed by atoms with Crippen molar-refractivity contribution in [3.05, 3.63) is 11.6 Å². The van der Waals surface area contributed by atoms with Gasteiger partial charge >= 0.3 is 0 Å². The van der Waals surface area contributed by atoms with E-state index in [1.54, 1.807) is 0 Å². The number of aliphatic hydroxyl groups is 4. The highest BCUT2D eigenvalue weighted by Gasteiger charge is 2.69. The average molecular weight is 475 g/mol. The summed E-state index contributed by atoms with van der Waals surface area (Å²) >= 11 is 0. The average Bonchev–Trinajstić information content (AvgIpc) is 2.72. The van der Waals surface area contributed by atoms with Gasteiger partial charge in [0, 0.05) is 5.41 Å². The van der Waals surface area contributed by atoms with Crippen LogP contribution in [0.2, 0.25) is 0 Å².